The molecule has 0 radical (unpaired) electrons. The summed E-state index contributed by atoms with van der Waals surface area (Å²) in [6.07, 6.45) is 8.33. The first kappa shape index (κ1) is 28.5. The fourth-order valence-electron chi connectivity index (χ4n) is 5.86. The predicted octanol–water partition coefficient (Wildman–Crippen LogP) is 6.31. The Hall–Kier alpha value is -2.48. The first-order chi connectivity index (χ1) is 18.4. The van der Waals surface area contributed by atoms with Gasteiger partial charge in [-0.15, -0.1) is 0 Å². The zero-order valence-electron chi connectivity index (χ0n) is 23.6. The highest BCUT2D eigenvalue weighted by Gasteiger charge is 2.44. The lowest BCUT2D eigenvalue weighted by molar-refractivity contribution is -0.122. The summed E-state index contributed by atoms with van der Waals surface area (Å²) in [5, 5.41) is 7.67. The summed E-state index contributed by atoms with van der Waals surface area (Å²) in [6.45, 7) is 8.97. The summed E-state index contributed by atoms with van der Waals surface area (Å²) in [7, 11) is -1.75. The molecule has 4 heteroatoms. The first-order valence-electron chi connectivity index (χ1n) is 14.5. The molecule has 0 unspecified atom stereocenters. The molecule has 1 heterocycles. The molecule has 4 rings (SSSR count). The van der Waals surface area contributed by atoms with Crippen LogP contribution >= 0.6 is 7.26 Å². The highest BCUT2D eigenvalue weighted by atomic mass is 31.2. The van der Waals surface area contributed by atoms with Gasteiger partial charge in [-0.3, -0.25) is 9.69 Å². The number of piperidine rings is 1. The molecule has 0 aliphatic carbocycles. The number of nitrogens with zero attached hydrogens (tertiary/aromatic N) is 1. The number of nitrogens with one attached hydrogen (secondary N) is 1. The lowest BCUT2D eigenvalue weighted by Crippen LogP contribution is -2.50. The van der Waals surface area contributed by atoms with Gasteiger partial charge in [0.05, 0.1) is 6.16 Å². The summed E-state index contributed by atoms with van der Waals surface area (Å²) in [4.78, 5) is 15.1. The molecule has 1 fully saturated rings. The van der Waals surface area contributed by atoms with Gasteiger partial charge in [0.15, 0.2) is 0 Å². The maximum Gasteiger partial charge on any atom is 0.220 e. The average Bonchev–Trinajstić information content (AvgIpc) is 2.94. The highest BCUT2D eigenvalue weighted by Crippen LogP contribution is 2.56. The minimum Gasteiger partial charge on any atom is -0.353 e. The molecular formula is C34H46N2OP+. The van der Waals surface area contributed by atoms with Gasteiger partial charge in [0.2, 0.25) is 5.91 Å². The number of likely N-dealkylation sites (tertiary alicyclic amines) is 1. The lowest BCUT2D eigenvalue weighted by Gasteiger charge is -2.41. The summed E-state index contributed by atoms with van der Waals surface area (Å²) in [5.74, 6) is 0.235. The minimum absolute atomic E-state index is 0.219. The van der Waals surface area contributed by atoms with Gasteiger partial charge < -0.3 is 5.32 Å². The molecular weight excluding hydrogens is 483 g/mol. The summed E-state index contributed by atoms with van der Waals surface area (Å²) < 4.78 is 0. The molecule has 1 N–H and O–H groups in total. The van der Waals surface area contributed by atoms with Crippen molar-refractivity contribution in [3.05, 3.63) is 91.0 Å². The normalized spacial score (nSPS) is 15.3. The van der Waals surface area contributed by atoms with Crippen LogP contribution < -0.4 is 21.2 Å². The van der Waals surface area contributed by atoms with Gasteiger partial charge in [0.25, 0.3) is 0 Å². The quantitative estimate of drug-likeness (QED) is 0.233. The zero-order valence-corrected chi connectivity index (χ0v) is 24.5. The SMILES string of the molecule is CC(C)(C)N1CCC(NC(=O)CCCCCC[P+](c2ccccc2)(c2ccccc2)c2ccccc2)CC1. The van der Waals surface area contributed by atoms with E-state index in [1.807, 2.05) is 0 Å². The van der Waals surface area contributed by atoms with Gasteiger partial charge in [-0.2, -0.15) is 0 Å². The Balaban J connectivity index is 1.31. The van der Waals surface area contributed by atoms with Crippen molar-refractivity contribution in [2.45, 2.75) is 77.3 Å². The summed E-state index contributed by atoms with van der Waals surface area (Å²) in [6, 6.07) is 33.7. The van der Waals surface area contributed by atoms with E-state index in [0.29, 0.717) is 12.5 Å². The third-order valence-electron chi connectivity index (χ3n) is 8.05. The van der Waals surface area contributed by atoms with Crippen molar-refractivity contribution in [3.8, 4) is 0 Å². The Kier molecular flexibility index (Phi) is 10.2. The summed E-state index contributed by atoms with van der Waals surface area (Å²) in [5.41, 5.74) is 0.219. The topological polar surface area (TPSA) is 32.3 Å². The van der Waals surface area contributed by atoms with Crippen molar-refractivity contribution in [1.29, 1.82) is 0 Å². The third kappa shape index (κ3) is 7.33. The zero-order chi connectivity index (χ0) is 26.8. The van der Waals surface area contributed by atoms with Gasteiger partial charge in [-0.25, -0.2) is 0 Å². The van der Waals surface area contributed by atoms with E-state index in [0.717, 1.165) is 51.4 Å². The molecule has 0 bridgehead atoms. The van der Waals surface area contributed by atoms with Crippen LogP contribution in [0.25, 0.3) is 0 Å². The van der Waals surface area contributed by atoms with Crippen molar-refractivity contribution in [2.24, 2.45) is 0 Å². The molecule has 3 aromatic carbocycles. The maximum atomic E-state index is 12.6. The second-order valence-electron chi connectivity index (χ2n) is 11.7. The molecule has 0 aromatic heterocycles. The highest BCUT2D eigenvalue weighted by molar-refractivity contribution is 7.95. The smallest absolute Gasteiger partial charge is 0.220 e. The number of unbranched alkanes of at least 4 members (excludes halogenated alkanes) is 3. The van der Waals surface area contributed by atoms with Crippen molar-refractivity contribution in [2.75, 3.05) is 19.3 Å². The fourth-order valence-corrected chi connectivity index (χ4v) is 10.3. The second-order valence-corrected chi connectivity index (χ2v) is 15.3. The predicted molar refractivity (Wildman–Crippen MR) is 166 cm³/mol. The molecule has 0 atom stereocenters. The van der Waals surface area contributed by atoms with Crippen LogP contribution in [0.2, 0.25) is 0 Å². The first-order valence-corrected chi connectivity index (χ1v) is 16.5. The van der Waals surface area contributed by atoms with E-state index in [1.54, 1.807) is 0 Å². The van der Waals surface area contributed by atoms with Gasteiger partial charge in [0, 0.05) is 31.1 Å². The van der Waals surface area contributed by atoms with Crippen LogP contribution in [0.1, 0.15) is 65.7 Å². The molecule has 1 aliphatic rings. The monoisotopic (exact) mass is 529 g/mol. The molecule has 1 saturated heterocycles. The van der Waals surface area contributed by atoms with Crippen LogP contribution in [-0.2, 0) is 4.79 Å². The number of carbonyl (C=O) groups is 1. The molecule has 38 heavy (non-hydrogen) atoms. The van der Waals surface area contributed by atoms with Crippen LogP contribution in [0.3, 0.4) is 0 Å². The van der Waals surface area contributed by atoms with Crippen LogP contribution in [0.5, 0.6) is 0 Å². The molecule has 0 spiro atoms. The Morgan fingerprint density at radius 1 is 0.737 bits per heavy atom. The number of benzene rings is 3. The van der Waals surface area contributed by atoms with Gasteiger partial charge in [-0.05, 0) is 89.3 Å². The Bertz CT molecular complexity index is 1010. The van der Waals surface area contributed by atoms with Gasteiger partial charge in [-0.1, -0.05) is 61.0 Å². The van der Waals surface area contributed by atoms with Crippen molar-refractivity contribution < 1.29 is 4.79 Å². The van der Waals surface area contributed by atoms with E-state index in [9.17, 15) is 4.79 Å². The van der Waals surface area contributed by atoms with Crippen molar-refractivity contribution >= 4 is 29.1 Å². The lowest BCUT2D eigenvalue weighted by atomic mass is 9.98. The minimum atomic E-state index is -1.75. The number of carbonyl (C=O) groups excluding carboxylic acids is 1. The van der Waals surface area contributed by atoms with E-state index in [4.69, 9.17) is 0 Å². The molecule has 202 valence electrons. The number of hydrogen-bond donors (Lipinski definition) is 1. The molecule has 3 aromatic rings. The van der Waals surface area contributed by atoms with Crippen molar-refractivity contribution in [3.63, 3.8) is 0 Å². The molecule has 3 nitrogen and oxygen atoms in total. The van der Waals surface area contributed by atoms with Crippen molar-refractivity contribution in [1.82, 2.24) is 10.2 Å². The van der Waals surface area contributed by atoms with Crippen LogP contribution in [0.15, 0.2) is 91.0 Å². The fraction of sp³-hybridized carbons (Fsp3) is 0.441. The van der Waals surface area contributed by atoms with Crippen LogP contribution in [0.4, 0.5) is 0 Å². The number of hydrogen-bond acceptors (Lipinski definition) is 2. The number of rotatable bonds is 11. The van der Waals surface area contributed by atoms with Gasteiger partial charge >= 0.3 is 0 Å². The average molecular weight is 530 g/mol. The van der Waals surface area contributed by atoms with E-state index >= 15 is 0 Å². The van der Waals surface area contributed by atoms with Gasteiger partial charge in [0.1, 0.15) is 23.2 Å². The summed E-state index contributed by atoms with van der Waals surface area (Å²) >= 11 is 0. The number of amides is 1. The third-order valence-corrected chi connectivity index (χ3v) is 12.6. The van der Waals surface area contributed by atoms with E-state index in [2.05, 4.69) is 122 Å². The van der Waals surface area contributed by atoms with Crippen LogP contribution in [-0.4, -0.2) is 41.6 Å². The largest absolute Gasteiger partial charge is 0.353 e. The molecule has 1 aliphatic heterocycles. The molecule has 1 amide bonds. The maximum absolute atomic E-state index is 12.6. The standard InChI is InChI=1S/C34H45N2OP/c1-34(2,3)36-26-24-29(25-27-36)35-33(37)23-15-4-5-16-28-38(30-17-9-6-10-18-30,31-19-11-7-12-20-31)32-21-13-8-14-22-32/h6-14,17-22,29H,4-5,15-16,23-28H2,1-3H3/p+1. The molecule has 0 saturated carbocycles. The van der Waals surface area contributed by atoms with E-state index < -0.39 is 7.26 Å². The Labute approximate surface area is 231 Å². The Morgan fingerprint density at radius 2 is 1.18 bits per heavy atom. The van der Waals surface area contributed by atoms with Crippen LogP contribution in [0, 0.1) is 0 Å². The Morgan fingerprint density at radius 3 is 1.63 bits per heavy atom. The van der Waals surface area contributed by atoms with E-state index in [1.165, 1.54) is 22.3 Å². The second kappa shape index (κ2) is 13.5. The van der Waals surface area contributed by atoms with E-state index in [-0.39, 0.29) is 11.4 Å².